The highest BCUT2D eigenvalue weighted by atomic mass is 15.4. The van der Waals surface area contributed by atoms with Gasteiger partial charge >= 0.3 is 0 Å². The van der Waals surface area contributed by atoms with Gasteiger partial charge < -0.3 is 9.80 Å². The molecule has 2 aromatic heterocycles. The highest BCUT2D eigenvalue weighted by Gasteiger charge is 2.21. The van der Waals surface area contributed by atoms with E-state index in [2.05, 4.69) is 79.6 Å². The summed E-state index contributed by atoms with van der Waals surface area (Å²) >= 11 is 0. The number of fused-ring (bicyclic) bond motifs is 1. The zero-order chi connectivity index (χ0) is 20.5. The molecule has 5 rings (SSSR count). The molecule has 0 amide bonds. The minimum absolute atomic E-state index is 0.696. The van der Waals surface area contributed by atoms with Gasteiger partial charge in [0.05, 0.1) is 11.9 Å². The van der Waals surface area contributed by atoms with Crippen LogP contribution in [0.1, 0.15) is 11.4 Å². The molecule has 3 heterocycles. The molecule has 4 aromatic rings. The van der Waals surface area contributed by atoms with Gasteiger partial charge in [-0.05, 0) is 36.8 Å². The van der Waals surface area contributed by atoms with Crippen LogP contribution in [0.15, 0.2) is 60.8 Å². The third kappa shape index (κ3) is 3.56. The van der Waals surface area contributed by atoms with Crippen LogP contribution in [0.4, 0.5) is 11.6 Å². The van der Waals surface area contributed by atoms with Gasteiger partial charge in [0.25, 0.3) is 0 Å². The molecule has 1 fully saturated rings. The second kappa shape index (κ2) is 7.71. The SMILES string of the molecule is Cc1cc(N2CCN(c3nncc(-c4cccc5ccccc45)n3)CC2)cc(C)n1. The Balaban J connectivity index is 1.38. The highest BCUT2D eigenvalue weighted by molar-refractivity contribution is 5.95. The number of aryl methyl sites for hydroxylation is 2. The average Bonchev–Trinajstić information content (AvgIpc) is 2.78. The number of hydrogen-bond donors (Lipinski definition) is 0. The van der Waals surface area contributed by atoms with Crippen LogP contribution < -0.4 is 9.80 Å². The normalized spacial score (nSPS) is 14.3. The predicted octanol–water partition coefficient (Wildman–Crippen LogP) is 4.03. The van der Waals surface area contributed by atoms with Crippen LogP contribution in [0, 0.1) is 13.8 Å². The summed E-state index contributed by atoms with van der Waals surface area (Å²) in [7, 11) is 0. The Bertz CT molecular complexity index is 1170. The Morgan fingerprint density at radius 1 is 0.767 bits per heavy atom. The minimum atomic E-state index is 0.696. The largest absolute Gasteiger partial charge is 0.368 e. The van der Waals surface area contributed by atoms with E-state index in [-0.39, 0.29) is 0 Å². The maximum absolute atomic E-state index is 4.87. The van der Waals surface area contributed by atoms with Gasteiger partial charge in [0.15, 0.2) is 0 Å². The first-order valence-corrected chi connectivity index (χ1v) is 10.3. The summed E-state index contributed by atoms with van der Waals surface area (Å²) in [6.07, 6.45) is 1.75. The zero-order valence-electron chi connectivity index (χ0n) is 17.3. The molecule has 1 aliphatic rings. The van der Waals surface area contributed by atoms with Crippen molar-refractivity contribution in [3.8, 4) is 11.3 Å². The standard InChI is InChI=1S/C24H24N6/c1-17-14-20(15-18(2)26-17)29-10-12-30(13-11-29)24-27-23(16-25-28-24)22-9-5-7-19-6-3-4-8-21(19)22/h3-9,14-16H,10-13H2,1-2H3. The summed E-state index contributed by atoms with van der Waals surface area (Å²) in [5.41, 5.74) is 5.30. The van der Waals surface area contributed by atoms with Gasteiger partial charge in [-0.25, -0.2) is 4.98 Å². The molecule has 0 aliphatic carbocycles. The van der Waals surface area contributed by atoms with E-state index in [9.17, 15) is 0 Å². The molecule has 2 aromatic carbocycles. The molecule has 0 atom stereocenters. The first kappa shape index (κ1) is 18.5. The maximum atomic E-state index is 4.87. The van der Waals surface area contributed by atoms with Crippen molar-refractivity contribution in [1.82, 2.24) is 20.2 Å². The second-order valence-corrected chi connectivity index (χ2v) is 7.75. The summed E-state index contributed by atoms with van der Waals surface area (Å²) in [5.74, 6) is 0.696. The fourth-order valence-corrected chi connectivity index (χ4v) is 4.17. The third-order valence-electron chi connectivity index (χ3n) is 5.61. The highest BCUT2D eigenvalue weighted by Crippen LogP contribution is 2.28. The molecular weight excluding hydrogens is 372 g/mol. The van der Waals surface area contributed by atoms with Crippen LogP contribution in [-0.2, 0) is 0 Å². The fraction of sp³-hybridized carbons (Fsp3) is 0.250. The van der Waals surface area contributed by atoms with Gasteiger partial charge in [-0.2, -0.15) is 5.10 Å². The van der Waals surface area contributed by atoms with Crippen molar-refractivity contribution in [2.24, 2.45) is 0 Å². The summed E-state index contributed by atoms with van der Waals surface area (Å²) in [6, 6.07) is 19.0. The lowest BCUT2D eigenvalue weighted by Crippen LogP contribution is -2.47. The van der Waals surface area contributed by atoms with E-state index in [0.717, 1.165) is 48.8 Å². The number of rotatable bonds is 3. The monoisotopic (exact) mass is 396 g/mol. The average molecular weight is 396 g/mol. The molecule has 150 valence electrons. The van der Waals surface area contributed by atoms with Crippen LogP contribution >= 0.6 is 0 Å². The van der Waals surface area contributed by atoms with E-state index in [1.807, 2.05) is 13.8 Å². The number of aromatic nitrogens is 4. The van der Waals surface area contributed by atoms with Crippen molar-refractivity contribution in [1.29, 1.82) is 0 Å². The van der Waals surface area contributed by atoms with Crippen molar-refractivity contribution >= 4 is 22.4 Å². The first-order valence-electron chi connectivity index (χ1n) is 10.3. The molecule has 1 aliphatic heterocycles. The molecule has 6 nitrogen and oxygen atoms in total. The van der Waals surface area contributed by atoms with E-state index in [1.54, 1.807) is 6.20 Å². The van der Waals surface area contributed by atoms with E-state index in [4.69, 9.17) is 4.98 Å². The van der Waals surface area contributed by atoms with Crippen LogP contribution in [0.2, 0.25) is 0 Å². The number of hydrogen-bond acceptors (Lipinski definition) is 6. The quantitative estimate of drug-likeness (QED) is 0.521. The van der Waals surface area contributed by atoms with Gasteiger partial charge in [0, 0.05) is 48.8 Å². The summed E-state index contributed by atoms with van der Waals surface area (Å²) < 4.78 is 0. The summed E-state index contributed by atoms with van der Waals surface area (Å²) in [4.78, 5) is 14.0. The fourth-order valence-electron chi connectivity index (χ4n) is 4.17. The van der Waals surface area contributed by atoms with Crippen molar-refractivity contribution in [3.05, 3.63) is 72.2 Å². The third-order valence-corrected chi connectivity index (χ3v) is 5.61. The van der Waals surface area contributed by atoms with Crippen molar-refractivity contribution in [2.45, 2.75) is 13.8 Å². The Kier molecular flexibility index (Phi) is 4.75. The van der Waals surface area contributed by atoms with E-state index < -0.39 is 0 Å². The lowest BCUT2D eigenvalue weighted by molar-refractivity contribution is 0.634. The number of nitrogens with zero attached hydrogens (tertiary/aromatic N) is 6. The molecule has 0 radical (unpaired) electrons. The van der Waals surface area contributed by atoms with Crippen LogP contribution in [0.3, 0.4) is 0 Å². The van der Waals surface area contributed by atoms with Gasteiger partial charge in [-0.3, -0.25) is 4.98 Å². The lowest BCUT2D eigenvalue weighted by Gasteiger charge is -2.36. The van der Waals surface area contributed by atoms with Crippen LogP contribution in [0.5, 0.6) is 0 Å². The molecule has 30 heavy (non-hydrogen) atoms. The molecule has 6 heteroatoms. The van der Waals surface area contributed by atoms with Crippen molar-refractivity contribution in [2.75, 3.05) is 36.0 Å². The number of benzene rings is 2. The van der Waals surface area contributed by atoms with Crippen molar-refractivity contribution < 1.29 is 0 Å². The molecule has 0 saturated carbocycles. The van der Waals surface area contributed by atoms with Gasteiger partial charge in [0.1, 0.15) is 0 Å². The number of anilines is 2. The van der Waals surface area contributed by atoms with E-state index in [0.29, 0.717) is 5.95 Å². The predicted molar refractivity (Wildman–Crippen MR) is 121 cm³/mol. The Labute approximate surface area is 176 Å². The maximum Gasteiger partial charge on any atom is 0.246 e. The Morgan fingerprint density at radius 3 is 2.27 bits per heavy atom. The molecule has 0 bridgehead atoms. The summed E-state index contributed by atoms with van der Waals surface area (Å²) in [6.45, 7) is 7.66. The number of piperazine rings is 1. The van der Waals surface area contributed by atoms with Gasteiger partial charge in [-0.15, -0.1) is 5.10 Å². The molecule has 0 N–H and O–H groups in total. The summed E-state index contributed by atoms with van der Waals surface area (Å²) in [5, 5.41) is 11.0. The van der Waals surface area contributed by atoms with Crippen molar-refractivity contribution in [3.63, 3.8) is 0 Å². The van der Waals surface area contributed by atoms with Crippen LogP contribution in [0.25, 0.3) is 22.0 Å². The smallest absolute Gasteiger partial charge is 0.246 e. The molecule has 0 unspecified atom stereocenters. The van der Waals surface area contributed by atoms with Crippen LogP contribution in [-0.4, -0.2) is 46.3 Å². The number of pyridine rings is 1. The minimum Gasteiger partial charge on any atom is -0.368 e. The van der Waals surface area contributed by atoms with Gasteiger partial charge in [-0.1, -0.05) is 42.5 Å². The molecule has 1 saturated heterocycles. The molecular formula is C24H24N6. The first-order chi connectivity index (χ1) is 14.7. The van der Waals surface area contributed by atoms with Gasteiger partial charge in [0.2, 0.25) is 5.95 Å². The lowest BCUT2D eigenvalue weighted by atomic mass is 10.0. The zero-order valence-corrected chi connectivity index (χ0v) is 17.3. The second-order valence-electron chi connectivity index (χ2n) is 7.75. The van der Waals surface area contributed by atoms with E-state index in [1.165, 1.54) is 16.5 Å². The Morgan fingerprint density at radius 2 is 1.47 bits per heavy atom. The molecule has 0 spiro atoms. The Hall–Kier alpha value is -3.54. The topological polar surface area (TPSA) is 58.0 Å². The van der Waals surface area contributed by atoms with E-state index >= 15 is 0 Å².